The number of carbonyl (C=O) groups excluding carboxylic acids is 1. The summed E-state index contributed by atoms with van der Waals surface area (Å²) in [5.74, 6) is -1.23. The van der Waals surface area contributed by atoms with Crippen LogP contribution in [-0.4, -0.2) is 51.8 Å². The van der Waals surface area contributed by atoms with E-state index >= 15 is 0 Å². The first kappa shape index (κ1) is 16.2. The Morgan fingerprint density at radius 2 is 2.08 bits per heavy atom. The summed E-state index contributed by atoms with van der Waals surface area (Å²) in [6.07, 6.45) is 1.64. The van der Waals surface area contributed by atoms with E-state index in [1.54, 1.807) is 0 Å². The van der Waals surface area contributed by atoms with Crippen molar-refractivity contribution in [2.75, 3.05) is 19.7 Å². The summed E-state index contributed by atoms with van der Waals surface area (Å²) in [4.78, 5) is 17.8. The van der Waals surface area contributed by atoms with Crippen molar-refractivity contribution in [2.45, 2.75) is 12.0 Å². The second kappa shape index (κ2) is 5.89. The first-order valence-corrected chi connectivity index (χ1v) is 8.32. The second-order valence-corrected chi connectivity index (χ2v) is 6.85. The highest BCUT2D eigenvalue weighted by atomic mass is 19.1. The van der Waals surface area contributed by atoms with E-state index < -0.39 is 23.2 Å². The number of benzene rings is 1. The molecule has 6 heteroatoms. The maximum absolute atomic E-state index is 13.9. The number of likely N-dealkylation sites (tertiary alicyclic amines) is 1. The zero-order valence-corrected chi connectivity index (χ0v) is 13.5. The van der Waals surface area contributed by atoms with Crippen molar-refractivity contribution in [1.82, 2.24) is 9.88 Å². The molecular formula is C19H19FN2O3. The number of hydrogen-bond acceptors (Lipinski definition) is 4. The van der Waals surface area contributed by atoms with E-state index in [0.29, 0.717) is 6.54 Å². The second-order valence-electron chi connectivity index (χ2n) is 6.85. The Balaban J connectivity index is 1.61. The van der Waals surface area contributed by atoms with E-state index in [0.717, 1.165) is 11.8 Å². The molecule has 0 bridgehead atoms. The summed E-state index contributed by atoms with van der Waals surface area (Å²) >= 11 is 0. The summed E-state index contributed by atoms with van der Waals surface area (Å²) in [6, 6.07) is 11.1. The van der Waals surface area contributed by atoms with Crippen LogP contribution in [0.4, 0.5) is 4.39 Å². The number of pyridine rings is 1. The van der Waals surface area contributed by atoms with Crippen LogP contribution in [0.5, 0.6) is 0 Å². The van der Waals surface area contributed by atoms with E-state index in [-0.39, 0.29) is 30.6 Å². The van der Waals surface area contributed by atoms with Crippen LogP contribution in [0.2, 0.25) is 0 Å². The van der Waals surface area contributed by atoms with E-state index in [2.05, 4.69) is 4.98 Å². The van der Waals surface area contributed by atoms with Crippen LogP contribution in [0.3, 0.4) is 0 Å². The number of hydrogen-bond donors (Lipinski definition) is 2. The van der Waals surface area contributed by atoms with E-state index in [4.69, 9.17) is 0 Å². The van der Waals surface area contributed by atoms with Gasteiger partial charge in [-0.05, 0) is 23.5 Å². The van der Waals surface area contributed by atoms with Crippen molar-refractivity contribution >= 4 is 5.91 Å². The zero-order valence-electron chi connectivity index (χ0n) is 13.5. The lowest BCUT2D eigenvalue weighted by Crippen LogP contribution is -2.30. The highest BCUT2D eigenvalue weighted by molar-refractivity contribution is 5.94. The van der Waals surface area contributed by atoms with Gasteiger partial charge in [0.15, 0.2) is 5.82 Å². The first-order chi connectivity index (χ1) is 12.1. The summed E-state index contributed by atoms with van der Waals surface area (Å²) in [5, 5.41) is 20.5. The Labute approximate surface area is 144 Å². The molecule has 0 radical (unpaired) electrons. The smallest absolute Gasteiger partial charge is 0.257 e. The molecule has 5 nitrogen and oxygen atoms in total. The fraction of sp³-hybridized carbons (Fsp3) is 0.368. The molecule has 2 heterocycles. The number of aliphatic hydroxyl groups excluding tert-OH is 2. The van der Waals surface area contributed by atoms with Crippen molar-refractivity contribution in [3.8, 4) is 0 Å². The van der Waals surface area contributed by atoms with Gasteiger partial charge in [-0.1, -0.05) is 30.3 Å². The standard InChI is InChI=1S/C19H19FN2O3/c20-15-8-21-7-6-13(15)18(25)22-9-16(24)19(11-22)14(10-23)17(19)12-4-2-1-3-5-12/h1-8,14,16-17,23-24H,9-11H2/t14-,16+,17-,19-/m1/s1. The van der Waals surface area contributed by atoms with Gasteiger partial charge in [0, 0.05) is 31.3 Å². The van der Waals surface area contributed by atoms with Gasteiger partial charge in [0.25, 0.3) is 5.91 Å². The molecule has 1 spiro atoms. The van der Waals surface area contributed by atoms with Crippen LogP contribution in [-0.2, 0) is 0 Å². The van der Waals surface area contributed by atoms with E-state index in [9.17, 15) is 19.4 Å². The van der Waals surface area contributed by atoms with Gasteiger partial charge in [-0.15, -0.1) is 0 Å². The molecule has 1 aromatic heterocycles. The molecule has 1 aliphatic heterocycles. The normalized spacial score (nSPS) is 30.7. The summed E-state index contributed by atoms with van der Waals surface area (Å²) in [6.45, 7) is 0.391. The topological polar surface area (TPSA) is 73.7 Å². The van der Waals surface area contributed by atoms with Gasteiger partial charge >= 0.3 is 0 Å². The minimum absolute atomic E-state index is 0.00575. The molecule has 1 saturated carbocycles. The van der Waals surface area contributed by atoms with Crippen LogP contribution in [0.1, 0.15) is 21.8 Å². The number of amides is 1. The molecule has 2 aliphatic rings. The van der Waals surface area contributed by atoms with Crippen molar-refractivity contribution in [3.05, 3.63) is 65.7 Å². The molecule has 0 unspecified atom stereocenters. The van der Waals surface area contributed by atoms with Gasteiger partial charge < -0.3 is 15.1 Å². The van der Waals surface area contributed by atoms with Crippen LogP contribution in [0.25, 0.3) is 0 Å². The van der Waals surface area contributed by atoms with Gasteiger partial charge in [0.2, 0.25) is 0 Å². The molecule has 2 N–H and O–H groups in total. The zero-order chi connectivity index (χ0) is 17.6. The highest BCUT2D eigenvalue weighted by Gasteiger charge is 2.71. The Hall–Kier alpha value is -2.31. The Morgan fingerprint density at radius 3 is 2.76 bits per heavy atom. The molecule has 25 heavy (non-hydrogen) atoms. The van der Waals surface area contributed by atoms with Crippen molar-refractivity contribution in [3.63, 3.8) is 0 Å². The van der Waals surface area contributed by atoms with E-state index in [1.165, 1.54) is 17.2 Å². The molecule has 1 amide bonds. The van der Waals surface area contributed by atoms with Crippen LogP contribution >= 0.6 is 0 Å². The fourth-order valence-corrected chi connectivity index (χ4v) is 4.44. The maximum Gasteiger partial charge on any atom is 0.257 e. The number of nitrogens with zero attached hydrogens (tertiary/aromatic N) is 2. The third-order valence-corrected chi connectivity index (χ3v) is 5.69. The molecular weight excluding hydrogens is 323 g/mol. The molecule has 2 fully saturated rings. The fourth-order valence-electron chi connectivity index (χ4n) is 4.44. The van der Waals surface area contributed by atoms with Crippen molar-refractivity contribution in [2.24, 2.45) is 11.3 Å². The Kier molecular flexibility index (Phi) is 3.81. The first-order valence-electron chi connectivity index (χ1n) is 8.32. The minimum atomic E-state index is -0.747. The summed E-state index contributed by atoms with van der Waals surface area (Å²) in [7, 11) is 0. The number of halogens is 1. The molecule has 1 aromatic carbocycles. The average Bonchev–Trinajstić information content (AvgIpc) is 3.17. The molecule has 2 aromatic rings. The maximum atomic E-state index is 13.9. The number of rotatable bonds is 3. The largest absolute Gasteiger partial charge is 0.396 e. The SMILES string of the molecule is O=C(c1ccncc1F)N1C[C@H](O)[C@@]2(C1)[C@H](CO)[C@H]2c1ccccc1. The predicted molar refractivity (Wildman–Crippen MR) is 88.3 cm³/mol. The minimum Gasteiger partial charge on any atom is -0.396 e. The highest BCUT2D eigenvalue weighted by Crippen LogP contribution is 2.68. The number of aliphatic hydroxyl groups is 2. The van der Waals surface area contributed by atoms with Crippen LogP contribution < -0.4 is 0 Å². The molecule has 1 saturated heterocycles. The van der Waals surface area contributed by atoms with Crippen molar-refractivity contribution in [1.29, 1.82) is 0 Å². The molecule has 4 rings (SSSR count). The van der Waals surface area contributed by atoms with Crippen molar-refractivity contribution < 1.29 is 19.4 Å². The lowest BCUT2D eigenvalue weighted by molar-refractivity contribution is 0.0759. The Morgan fingerprint density at radius 1 is 1.32 bits per heavy atom. The van der Waals surface area contributed by atoms with Gasteiger partial charge in [-0.3, -0.25) is 9.78 Å². The number of carbonyl (C=O) groups is 1. The lowest BCUT2D eigenvalue weighted by atomic mass is 9.95. The number of β-amino-alcohol motifs (C(OH)–C–C–N with tert-alkyl or cyclic N) is 1. The van der Waals surface area contributed by atoms with Crippen LogP contribution in [0.15, 0.2) is 48.8 Å². The predicted octanol–water partition coefficient (Wildman–Crippen LogP) is 1.43. The number of aromatic nitrogens is 1. The quantitative estimate of drug-likeness (QED) is 0.885. The van der Waals surface area contributed by atoms with Gasteiger partial charge in [-0.2, -0.15) is 0 Å². The third kappa shape index (κ3) is 2.36. The summed E-state index contributed by atoms with van der Waals surface area (Å²) < 4.78 is 13.9. The molecule has 1 aliphatic carbocycles. The average molecular weight is 342 g/mol. The molecule has 4 atom stereocenters. The molecule has 130 valence electrons. The van der Waals surface area contributed by atoms with Gasteiger partial charge in [0.1, 0.15) is 0 Å². The third-order valence-electron chi connectivity index (χ3n) is 5.69. The van der Waals surface area contributed by atoms with Gasteiger partial charge in [0.05, 0.1) is 17.9 Å². The van der Waals surface area contributed by atoms with E-state index in [1.807, 2.05) is 30.3 Å². The monoisotopic (exact) mass is 342 g/mol. The van der Waals surface area contributed by atoms with Gasteiger partial charge in [-0.25, -0.2) is 4.39 Å². The Bertz CT molecular complexity index is 800. The summed E-state index contributed by atoms with van der Waals surface area (Å²) in [5.41, 5.74) is 0.441. The van der Waals surface area contributed by atoms with Crippen LogP contribution in [0, 0.1) is 17.2 Å². The lowest BCUT2D eigenvalue weighted by Gasteiger charge is -2.17.